The number of H-pyrrole nitrogens is 1. The van der Waals surface area contributed by atoms with Crippen LogP contribution >= 0.6 is 0 Å². The first-order chi connectivity index (χ1) is 10.7. The molecule has 0 aliphatic carbocycles. The zero-order valence-corrected chi connectivity index (χ0v) is 11.9. The molecule has 0 fully saturated rings. The highest BCUT2D eigenvalue weighted by Gasteiger charge is 2.11. The van der Waals surface area contributed by atoms with Gasteiger partial charge in [0.05, 0.1) is 18.1 Å². The van der Waals surface area contributed by atoms with Crippen LogP contribution in [0.2, 0.25) is 0 Å². The molecule has 5 heteroatoms. The van der Waals surface area contributed by atoms with Gasteiger partial charge in [0.1, 0.15) is 17.2 Å². The molecule has 2 aromatic carbocycles. The molecule has 2 aromatic heterocycles. The lowest BCUT2D eigenvalue weighted by molar-refractivity contribution is 0.414. The van der Waals surface area contributed by atoms with Crippen molar-refractivity contribution < 1.29 is 9.15 Å². The number of nitrogens with one attached hydrogen (secondary N) is 2. The fraction of sp³-hybridized carbons (Fsp3) is 0.0588. The second-order valence-electron chi connectivity index (χ2n) is 4.99. The number of fused-ring (bicyclic) bond motifs is 2. The van der Waals surface area contributed by atoms with Crippen molar-refractivity contribution in [3.63, 3.8) is 0 Å². The third-order valence-corrected chi connectivity index (χ3v) is 3.62. The van der Waals surface area contributed by atoms with E-state index >= 15 is 0 Å². The molecule has 0 aliphatic rings. The first kappa shape index (κ1) is 12.6. The van der Waals surface area contributed by atoms with Gasteiger partial charge in [0.25, 0.3) is 0 Å². The predicted octanol–water partition coefficient (Wildman–Crippen LogP) is 3.46. The predicted molar refractivity (Wildman–Crippen MR) is 83.7 cm³/mol. The molecule has 0 atom stereocenters. The molecule has 0 saturated heterocycles. The van der Waals surface area contributed by atoms with E-state index in [1.165, 1.54) is 0 Å². The number of ether oxygens (including phenoxy) is 1. The van der Waals surface area contributed by atoms with Crippen molar-refractivity contribution in [1.82, 2.24) is 9.97 Å². The van der Waals surface area contributed by atoms with Crippen molar-refractivity contribution in [3.8, 4) is 17.1 Å². The molecule has 0 spiro atoms. The van der Waals surface area contributed by atoms with Gasteiger partial charge in [0.15, 0.2) is 0 Å². The Labute approximate surface area is 125 Å². The summed E-state index contributed by atoms with van der Waals surface area (Å²) in [6.07, 6.45) is 0. The van der Waals surface area contributed by atoms with Crippen molar-refractivity contribution in [2.45, 2.75) is 0 Å². The standard InChI is InChI=1S/C17H13N3O2/c1-21-10-6-7-11-12(9-16(18)22-15(11)8-10)17-19-13-4-2-3-5-14(13)20-17/h2-9,18H,1H3,(H,19,20). The van der Waals surface area contributed by atoms with Crippen molar-refractivity contribution in [1.29, 1.82) is 5.41 Å². The van der Waals surface area contributed by atoms with Gasteiger partial charge in [0, 0.05) is 23.1 Å². The van der Waals surface area contributed by atoms with Crippen LogP contribution in [0.15, 0.2) is 52.9 Å². The highest BCUT2D eigenvalue weighted by Crippen LogP contribution is 2.29. The zero-order valence-electron chi connectivity index (χ0n) is 11.9. The molecule has 2 heterocycles. The van der Waals surface area contributed by atoms with Gasteiger partial charge < -0.3 is 14.1 Å². The van der Waals surface area contributed by atoms with Gasteiger partial charge in [-0.05, 0) is 24.3 Å². The molecular weight excluding hydrogens is 278 g/mol. The smallest absolute Gasteiger partial charge is 0.212 e. The molecule has 2 N–H and O–H groups in total. The van der Waals surface area contributed by atoms with Crippen LogP contribution in [0.5, 0.6) is 5.75 Å². The largest absolute Gasteiger partial charge is 0.497 e. The van der Waals surface area contributed by atoms with Crippen LogP contribution < -0.4 is 10.3 Å². The molecule has 0 saturated carbocycles. The average Bonchev–Trinajstić information content (AvgIpc) is 2.97. The fourth-order valence-electron chi connectivity index (χ4n) is 2.57. The number of imidazole rings is 1. The first-order valence-electron chi connectivity index (χ1n) is 6.86. The summed E-state index contributed by atoms with van der Waals surface area (Å²) in [4.78, 5) is 7.90. The lowest BCUT2D eigenvalue weighted by Crippen LogP contribution is -1.99. The summed E-state index contributed by atoms with van der Waals surface area (Å²) in [6, 6.07) is 15.1. The monoisotopic (exact) mass is 291 g/mol. The van der Waals surface area contributed by atoms with Crippen LogP contribution in [0.25, 0.3) is 33.4 Å². The Morgan fingerprint density at radius 1 is 1.14 bits per heavy atom. The SMILES string of the molecule is COc1ccc2c(-c3nc4ccccc4[nH]3)cc(=N)oc2c1. The number of benzene rings is 2. The minimum absolute atomic E-state index is 0.0798. The summed E-state index contributed by atoms with van der Waals surface area (Å²) in [6.45, 7) is 0. The van der Waals surface area contributed by atoms with Gasteiger partial charge in [0.2, 0.25) is 5.55 Å². The van der Waals surface area contributed by atoms with E-state index in [1.54, 1.807) is 19.2 Å². The molecule has 0 radical (unpaired) electrons. The summed E-state index contributed by atoms with van der Waals surface area (Å²) >= 11 is 0. The first-order valence-corrected chi connectivity index (χ1v) is 6.86. The van der Waals surface area contributed by atoms with Gasteiger partial charge >= 0.3 is 0 Å². The van der Waals surface area contributed by atoms with Crippen LogP contribution in [0, 0.1) is 5.41 Å². The fourth-order valence-corrected chi connectivity index (χ4v) is 2.57. The Kier molecular flexibility index (Phi) is 2.72. The van der Waals surface area contributed by atoms with Crippen molar-refractivity contribution in [2.75, 3.05) is 7.11 Å². The second kappa shape index (κ2) is 4.73. The van der Waals surface area contributed by atoms with E-state index in [0.717, 1.165) is 27.8 Å². The average molecular weight is 291 g/mol. The summed E-state index contributed by atoms with van der Waals surface area (Å²) in [7, 11) is 1.60. The van der Waals surface area contributed by atoms with E-state index in [1.807, 2.05) is 36.4 Å². The van der Waals surface area contributed by atoms with Gasteiger partial charge in [-0.15, -0.1) is 0 Å². The zero-order chi connectivity index (χ0) is 15.1. The number of aromatic nitrogens is 2. The van der Waals surface area contributed by atoms with E-state index in [9.17, 15) is 0 Å². The van der Waals surface area contributed by atoms with Crippen LogP contribution in [0.4, 0.5) is 0 Å². The van der Waals surface area contributed by atoms with Crippen LogP contribution in [0.3, 0.4) is 0 Å². The normalized spacial score (nSPS) is 11.1. The quantitative estimate of drug-likeness (QED) is 0.594. The topological polar surface area (TPSA) is 74.9 Å². The minimum atomic E-state index is 0.0798. The van der Waals surface area contributed by atoms with Crippen molar-refractivity contribution >= 4 is 22.0 Å². The molecule has 0 aliphatic heterocycles. The maximum Gasteiger partial charge on any atom is 0.212 e. The van der Waals surface area contributed by atoms with Crippen molar-refractivity contribution in [3.05, 3.63) is 54.1 Å². The highest BCUT2D eigenvalue weighted by molar-refractivity contribution is 5.93. The third-order valence-electron chi connectivity index (χ3n) is 3.62. The maximum absolute atomic E-state index is 7.88. The summed E-state index contributed by atoms with van der Waals surface area (Å²) in [5.74, 6) is 1.41. The Balaban J connectivity index is 2.02. The minimum Gasteiger partial charge on any atom is -0.497 e. The molecule has 4 aromatic rings. The molecule has 0 amide bonds. The van der Waals surface area contributed by atoms with E-state index in [4.69, 9.17) is 14.6 Å². The number of hydrogen-bond acceptors (Lipinski definition) is 4. The summed E-state index contributed by atoms with van der Waals surface area (Å²) in [5.41, 5.74) is 3.38. The van der Waals surface area contributed by atoms with Crippen LogP contribution in [-0.4, -0.2) is 17.1 Å². The van der Waals surface area contributed by atoms with Crippen LogP contribution in [0.1, 0.15) is 0 Å². The Morgan fingerprint density at radius 2 is 2.00 bits per heavy atom. The van der Waals surface area contributed by atoms with E-state index in [2.05, 4.69) is 9.97 Å². The van der Waals surface area contributed by atoms with Gasteiger partial charge in [-0.25, -0.2) is 4.98 Å². The van der Waals surface area contributed by atoms with E-state index in [0.29, 0.717) is 11.3 Å². The molecule has 0 unspecified atom stereocenters. The third kappa shape index (κ3) is 1.95. The number of nitrogens with zero attached hydrogens (tertiary/aromatic N) is 1. The van der Waals surface area contributed by atoms with Crippen molar-refractivity contribution in [2.24, 2.45) is 0 Å². The molecule has 22 heavy (non-hydrogen) atoms. The lowest BCUT2D eigenvalue weighted by atomic mass is 10.1. The number of para-hydroxylation sites is 2. The maximum atomic E-state index is 7.88. The van der Waals surface area contributed by atoms with Gasteiger partial charge in [-0.2, -0.15) is 0 Å². The Hall–Kier alpha value is -3.08. The number of aromatic amines is 1. The molecule has 108 valence electrons. The summed E-state index contributed by atoms with van der Waals surface area (Å²) < 4.78 is 10.7. The summed E-state index contributed by atoms with van der Waals surface area (Å²) in [5, 5.41) is 8.77. The molecule has 5 nitrogen and oxygen atoms in total. The highest BCUT2D eigenvalue weighted by atomic mass is 16.5. The number of hydrogen-bond donors (Lipinski definition) is 2. The number of rotatable bonds is 2. The van der Waals surface area contributed by atoms with Gasteiger partial charge in [-0.3, -0.25) is 5.41 Å². The van der Waals surface area contributed by atoms with E-state index in [-0.39, 0.29) is 5.55 Å². The van der Waals surface area contributed by atoms with Gasteiger partial charge in [-0.1, -0.05) is 12.1 Å². The number of methoxy groups -OCH3 is 1. The lowest BCUT2D eigenvalue weighted by Gasteiger charge is -2.05. The molecule has 0 bridgehead atoms. The van der Waals surface area contributed by atoms with Crippen LogP contribution in [-0.2, 0) is 0 Å². The second-order valence-corrected chi connectivity index (χ2v) is 4.99. The Morgan fingerprint density at radius 3 is 2.82 bits per heavy atom. The van der Waals surface area contributed by atoms with E-state index < -0.39 is 0 Å². The molecular formula is C17H13N3O2. The molecule has 4 rings (SSSR count). The Bertz CT molecular complexity index is 1010.